The molecule has 1 aromatic rings. The van der Waals surface area contributed by atoms with Crippen LogP contribution < -0.4 is 5.32 Å². The quantitative estimate of drug-likeness (QED) is 0.570. The molecule has 90 valence electrons. The van der Waals surface area contributed by atoms with E-state index in [-0.39, 0.29) is 0 Å². The van der Waals surface area contributed by atoms with E-state index in [1.165, 1.54) is 16.8 Å². The minimum absolute atomic E-state index is 0.861. The van der Waals surface area contributed by atoms with Gasteiger partial charge in [0.05, 0.1) is 0 Å². The van der Waals surface area contributed by atoms with Gasteiger partial charge in [-0.2, -0.15) is 0 Å². The third-order valence-electron chi connectivity index (χ3n) is 2.54. The summed E-state index contributed by atoms with van der Waals surface area (Å²) in [4.78, 5) is 0. The molecule has 0 bridgehead atoms. The second-order valence-electron chi connectivity index (χ2n) is 3.74. The number of nitrogens with one attached hydrogen (secondary N) is 1. The van der Waals surface area contributed by atoms with Crippen LogP contribution in [0, 0.1) is 0 Å². The Kier molecular flexibility index (Phi) is 5.87. The van der Waals surface area contributed by atoms with Crippen molar-refractivity contribution in [3.05, 3.63) is 60.2 Å². The number of rotatable bonds is 5. The van der Waals surface area contributed by atoms with Gasteiger partial charge in [0.25, 0.3) is 0 Å². The average molecular weight is 227 g/mol. The Morgan fingerprint density at radius 1 is 1.12 bits per heavy atom. The van der Waals surface area contributed by atoms with Crippen molar-refractivity contribution in [2.75, 3.05) is 11.9 Å². The second-order valence-corrected chi connectivity index (χ2v) is 3.74. The van der Waals surface area contributed by atoms with Gasteiger partial charge >= 0.3 is 0 Å². The van der Waals surface area contributed by atoms with Crippen LogP contribution in [0.15, 0.2) is 54.6 Å². The lowest BCUT2D eigenvalue weighted by atomic mass is 10.0. The van der Waals surface area contributed by atoms with E-state index in [1.54, 1.807) is 0 Å². The highest BCUT2D eigenvalue weighted by molar-refractivity contribution is 5.81. The Balaban J connectivity index is 2.98. The zero-order valence-corrected chi connectivity index (χ0v) is 10.9. The molecular formula is C16H21N. The molecule has 1 nitrogen and oxygen atoms in total. The summed E-state index contributed by atoms with van der Waals surface area (Å²) in [6, 6.07) is 8.40. The van der Waals surface area contributed by atoms with E-state index in [1.807, 2.05) is 13.8 Å². The van der Waals surface area contributed by atoms with Gasteiger partial charge in [0, 0.05) is 17.8 Å². The molecule has 1 N–H and O–H groups in total. The van der Waals surface area contributed by atoms with Crippen LogP contribution >= 0.6 is 0 Å². The molecule has 0 unspecified atom stereocenters. The van der Waals surface area contributed by atoms with Gasteiger partial charge in [-0.25, -0.2) is 0 Å². The second kappa shape index (κ2) is 7.50. The first-order chi connectivity index (χ1) is 8.33. The lowest BCUT2D eigenvalue weighted by molar-refractivity contribution is 1.32. The van der Waals surface area contributed by atoms with E-state index in [2.05, 4.69) is 66.9 Å². The van der Waals surface area contributed by atoms with Crippen LogP contribution in [0.4, 0.5) is 5.69 Å². The minimum Gasteiger partial charge on any atom is -0.381 e. The first-order valence-corrected chi connectivity index (χ1v) is 6.07. The molecule has 0 aromatic heterocycles. The van der Waals surface area contributed by atoms with E-state index < -0.39 is 0 Å². The highest BCUT2D eigenvalue weighted by Crippen LogP contribution is 2.24. The van der Waals surface area contributed by atoms with Crippen molar-refractivity contribution in [2.45, 2.75) is 20.8 Å². The van der Waals surface area contributed by atoms with Crippen molar-refractivity contribution in [3.63, 3.8) is 0 Å². The Bertz CT molecular complexity index is 425. The Hall–Kier alpha value is -1.76. The SMILES string of the molecule is C/C=C\CNc1ccccc1C(/C=C\C)=C/C. The van der Waals surface area contributed by atoms with Crippen LogP contribution in [0.5, 0.6) is 0 Å². The normalized spacial score (nSPS) is 12.5. The van der Waals surface area contributed by atoms with Gasteiger partial charge in [-0.1, -0.05) is 48.6 Å². The highest BCUT2D eigenvalue weighted by atomic mass is 14.9. The first-order valence-electron chi connectivity index (χ1n) is 6.07. The van der Waals surface area contributed by atoms with Crippen molar-refractivity contribution in [3.8, 4) is 0 Å². The average Bonchev–Trinajstić information content (AvgIpc) is 2.37. The largest absolute Gasteiger partial charge is 0.381 e. The maximum atomic E-state index is 3.43. The van der Waals surface area contributed by atoms with Gasteiger partial charge < -0.3 is 5.32 Å². The van der Waals surface area contributed by atoms with Crippen LogP contribution in [0.2, 0.25) is 0 Å². The van der Waals surface area contributed by atoms with E-state index >= 15 is 0 Å². The van der Waals surface area contributed by atoms with Crippen molar-refractivity contribution >= 4 is 11.3 Å². The van der Waals surface area contributed by atoms with Crippen molar-refractivity contribution in [1.82, 2.24) is 0 Å². The maximum Gasteiger partial charge on any atom is 0.0422 e. The predicted octanol–water partition coefficient (Wildman–Crippen LogP) is 4.65. The third kappa shape index (κ3) is 3.95. The number of hydrogen-bond donors (Lipinski definition) is 1. The lowest BCUT2D eigenvalue weighted by Gasteiger charge is -2.11. The standard InChI is InChI=1S/C16H21N/c1-4-7-13-17-16-12-9-8-11-15(16)14(6-3)10-5-2/h4-12,17H,13H2,1-3H3/b7-4-,10-5-,14-6+. The molecular weight excluding hydrogens is 206 g/mol. The molecule has 0 saturated carbocycles. The molecule has 17 heavy (non-hydrogen) atoms. The minimum atomic E-state index is 0.861. The van der Waals surface area contributed by atoms with Gasteiger partial charge in [-0.15, -0.1) is 0 Å². The van der Waals surface area contributed by atoms with Crippen LogP contribution in [-0.2, 0) is 0 Å². The number of benzene rings is 1. The number of hydrogen-bond acceptors (Lipinski definition) is 1. The number of anilines is 1. The molecule has 0 atom stereocenters. The van der Waals surface area contributed by atoms with Crippen molar-refractivity contribution in [1.29, 1.82) is 0 Å². The summed E-state index contributed by atoms with van der Waals surface area (Å²) in [5, 5.41) is 3.43. The van der Waals surface area contributed by atoms with Gasteiger partial charge in [0.1, 0.15) is 0 Å². The topological polar surface area (TPSA) is 12.0 Å². The Morgan fingerprint density at radius 2 is 1.88 bits per heavy atom. The van der Waals surface area contributed by atoms with Crippen molar-refractivity contribution in [2.24, 2.45) is 0 Å². The molecule has 0 spiro atoms. The van der Waals surface area contributed by atoms with Crippen molar-refractivity contribution < 1.29 is 0 Å². The highest BCUT2D eigenvalue weighted by Gasteiger charge is 2.02. The Labute approximate surface area is 105 Å². The van der Waals surface area contributed by atoms with Crippen LogP contribution in [0.1, 0.15) is 26.3 Å². The lowest BCUT2D eigenvalue weighted by Crippen LogP contribution is -2.00. The predicted molar refractivity (Wildman–Crippen MR) is 78.2 cm³/mol. The zero-order valence-electron chi connectivity index (χ0n) is 10.9. The molecule has 1 rings (SSSR count). The summed E-state index contributed by atoms with van der Waals surface area (Å²) in [5.41, 5.74) is 3.67. The first kappa shape index (κ1) is 13.3. The zero-order chi connectivity index (χ0) is 12.5. The molecule has 0 heterocycles. The summed E-state index contributed by atoms with van der Waals surface area (Å²) < 4.78 is 0. The van der Waals surface area contributed by atoms with Gasteiger partial charge in [0.2, 0.25) is 0 Å². The molecule has 0 aliphatic heterocycles. The molecule has 0 saturated heterocycles. The van der Waals surface area contributed by atoms with Crippen LogP contribution in [-0.4, -0.2) is 6.54 Å². The van der Waals surface area contributed by atoms with E-state index in [0.717, 1.165) is 6.54 Å². The number of allylic oxidation sites excluding steroid dienone is 5. The maximum absolute atomic E-state index is 3.43. The fourth-order valence-electron chi connectivity index (χ4n) is 1.70. The van der Waals surface area contributed by atoms with Gasteiger partial charge in [-0.3, -0.25) is 0 Å². The molecule has 0 fully saturated rings. The summed E-state index contributed by atoms with van der Waals surface area (Å²) in [5.74, 6) is 0. The fraction of sp³-hybridized carbons (Fsp3) is 0.250. The van der Waals surface area contributed by atoms with Crippen LogP contribution in [0.25, 0.3) is 5.57 Å². The molecule has 1 heteroatoms. The molecule has 0 aliphatic carbocycles. The van der Waals surface area contributed by atoms with E-state index in [4.69, 9.17) is 0 Å². The fourth-order valence-corrected chi connectivity index (χ4v) is 1.70. The monoisotopic (exact) mass is 227 g/mol. The summed E-state index contributed by atoms with van der Waals surface area (Å²) in [6.45, 7) is 7.00. The van der Waals surface area contributed by atoms with Gasteiger partial charge in [0.15, 0.2) is 0 Å². The summed E-state index contributed by atoms with van der Waals surface area (Å²) in [6.07, 6.45) is 10.5. The molecule has 0 aliphatic rings. The molecule has 0 amide bonds. The van der Waals surface area contributed by atoms with E-state index in [0.29, 0.717) is 0 Å². The molecule has 1 aromatic carbocycles. The number of para-hydroxylation sites is 1. The molecule has 0 radical (unpaired) electrons. The Morgan fingerprint density at radius 3 is 2.53 bits per heavy atom. The van der Waals surface area contributed by atoms with Crippen LogP contribution in [0.3, 0.4) is 0 Å². The third-order valence-corrected chi connectivity index (χ3v) is 2.54. The van der Waals surface area contributed by atoms with E-state index in [9.17, 15) is 0 Å². The van der Waals surface area contributed by atoms with Gasteiger partial charge in [-0.05, 0) is 32.4 Å². The summed E-state index contributed by atoms with van der Waals surface area (Å²) in [7, 11) is 0. The summed E-state index contributed by atoms with van der Waals surface area (Å²) >= 11 is 0. The smallest absolute Gasteiger partial charge is 0.0422 e.